The van der Waals surface area contributed by atoms with Crippen molar-refractivity contribution in [2.24, 2.45) is 0 Å². The molecule has 0 aromatic carbocycles. The Morgan fingerprint density at radius 1 is 1.50 bits per heavy atom. The molecule has 1 unspecified atom stereocenters. The van der Waals surface area contributed by atoms with E-state index in [0.29, 0.717) is 13.0 Å². The van der Waals surface area contributed by atoms with Crippen LogP contribution in [0, 0.1) is 0 Å². The summed E-state index contributed by atoms with van der Waals surface area (Å²) in [6.45, 7) is 2.39. The zero-order chi connectivity index (χ0) is 13.4. The molecule has 0 saturated carbocycles. The molecule has 0 aliphatic heterocycles. The van der Waals surface area contributed by atoms with Crippen LogP contribution in [0.4, 0.5) is 4.79 Å². The number of rotatable bonds is 7. The summed E-state index contributed by atoms with van der Waals surface area (Å²) in [6.07, 6.45) is 2.14. The summed E-state index contributed by atoms with van der Waals surface area (Å²) in [5.74, 6) is -0.992. The van der Waals surface area contributed by atoms with E-state index in [1.165, 1.54) is 0 Å². The highest BCUT2D eigenvalue weighted by molar-refractivity contribution is 7.07. The largest absolute Gasteiger partial charge is 0.480 e. The van der Waals surface area contributed by atoms with Crippen molar-refractivity contribution >= 4 is 23.3 Å². The molecule has 1 heterocycles. The highest BCUT2D eigenvalue weighted by Gasteiger charge is 2.18. The maximum absolute atomic E-state index is 11.5. The first-order chi connectivity index (χ1) is 8.63. The lowest BCUT2D eigenvalue weighted by Crippen LogP contribution is -2.45. The van der Waals surface area contributed by atoms with Crippen LogP contribution in [0.1, 0.15) is 31.7 Å². The van der Waals surface area contributed by atoms with Crippen molar-refractivity contribution in [2.75, 3.05) is 0 Å². The van der Waals surface area contributed by atoms with Gasteiger partial charge in [0.05, 0.1) is 0 Å². The fourth-order valence-corrected chi connectivity index (χ4v) is 2.12. The number of amides is 2. The number of nitrogens with one attached hydrogen (secondary N) is 2. The number of hydrogen-bond acceptors (Lipinski definition) is 3. The van der Waals surface area contributed by atoms with E-state index in [0.717, 1.165) is 18.4 Å². The Hall–Kier alpha value is -1.56. The van der Waals surface area contributed by atoms with E-state index < -0.39 is 18.0 Å². The molecule has 1 aromatic rings. The second-order valence-corrected chi connectivity index (χ2v) is 4.77. The molecule has 2 amide bonds. The standard InChI is InChI=1S/C12H18N2O3S/c1-2-3-4-10(11(15)16)14-12(17)13-7-9-5-6-18-8-9/h5-6,8,10H,2-4,7H2,1H3,(H,15,16)(H2,13,14,17). The Morgan fingerprint density at radius 3 is 2.83 bits per heavy atom. The molecule has 1 atom stereocenters. The van der Waals surface area contributed by atoms with Gasteiger partial charge in [-0.1, -0.05) is 19.8 Å². The minimum Gasteiger partial charge on any atom is -0.480 e. The van der Waals surface area contributed by atoms with Gasteiger partial charge in [0.2, 0.25) is 0 Å². The quantitative estimate of drug-likeness (QED) is 0.710. The normalized spacial score (nSPS) is 11.8. The number of carboxylic acids is 1. The molecule has 1 aromatic heterocycles. The van der Waals surface area contributed by atoms with Gasteiger partial charge in [-0.2, -0.15) is 11.3 Å². The van der Waals surface area contributed by atoms with Crippen LogP contribution in [0.3, 0.4) is 0 Å². The van der Waals surface area contributed by atoms with Crippen LogP contribution in [-0.4, -0.2) is 23.1 Å². The number of aliphatic carboxylic acids is 1. The molecule has 1 rings (SSSR count). The predicted octanol–water partition coefficient (Wildman–Crippen LogP) is 2.19. The monoisotopic (exact) mass is 270 g/mol. The maximum Gasteiger partial charge on any atom is 0.326 e. The summed E-state index contributed by atoms with van der Waals surface area (Å²) in [5.41, 5.74) is 1.01. The lowest BCUT2D eigenvalue weighted by molar-refractivity contribution is -0.139. The van der Waals surface area contributed by atoms with Gasteiger partial charge in [0.25, 0.3) is 0 Å². The smallest absolute Gasteiger partial charge is 0.326 e. The van der Waals surface area contributed by atoms with E-state index >= 15 is 0 Å². The summed E-state index contributed by atoms with van der Waals surface area (Å²) >= 11 is 1.56. The second-order valence-electron chi connectivity index (χ2n) is 3.99. The van der Waals surface area contributed by atoms with Gasteiger partial charge in [-0.15, -0.1) is 0 Å². The minimum atomic E-state index is -0.992. The molecule has 3 N–H and O–H groups in total. The molecule has 18 heavy (non-hydrogen) atoms. The molecule has 0 aliphatic rings. The number of hydrogen-bond donors (Lipinski definition) is 3. The first kappa shape index (κ1) is 14.5. The number of carboxylic acid groups (broad SMARTS) is 1. The minimum absolute atomic E-state index is 0.412. The molecule has 0 bridgehead atoms. The third-order valence-corrected chi connectivity index (χ3v) is 3.21. The van der Waals surface area contributed by atoms with Crippen LogP contribution in [0.2, 0.25) is 0 Å². The highest BCUT2D eigenvalue weighted by Crippen LogP contribution is 2.05. The zero-order valence-corrected chi connectivity index (χ0v) is 11.1. The number of urea groups is 1. The maximum atomic E-state index is 11.5. The van der Waals surface area contributed by atoms with Crippen molar-refractivity contribution in [1.29, 1.82) is 0 Å². The third-order valence-electron chi connectivity index (χ3n) is 2.48. The molecule has 100 valence electrons. The van der Waals surface area contributed by atoms with E-state index in [4.69, 9.17) is 5.11 Å². The molecule has 6 heteroatoms. The van der Waals surface area contributed by atoms with Crippen molar-refractivity contribution in [3.63, 3.8) is 0 Å². The topological polar surface area (TPSA) is 78.4 Å². The lowest BCUT2D eigenvalue weighted by atomic mass is 10.1. The Morgan fingerprint density at radius 2 is 2.28 bits per heavy atom. The average Bonchev–Trinajstić information content (AvgIpc) is 2.84. The summed E-state index contributed by atoms with van der Waals surface area (Å²) in [6, 6.07) is 0.661. The van der Waals surface area contributed by atoms with Gasteiger partial charge in [0.1, 0.15) is 6.04 Å². The highest BCUT2D eigenvalue weighted by atomic mass is 32.1. The van der Waals surface area contributed by atoms with Crippen molar-refractivity contribution in [1.82, 2.24) is 10.6 Å². The van der Waals surface area contributed by atoms with Crippen molar-refractivity contribution in [3.05, 3.63) is 22.4 Å². The van der Waals surface area contributed by atoms with Crippen LogP contribution in [0.25, 0.3) is 0 Å². The third kappa shape index (κ3) is 5.18. The molecule has 5 nitrogen and oxygen atoms in total. The molecule has 0 radical (unpaired) electrons. The van der Waals surface area contributed by atoms with Crippen molar-refractivity contribution < 1.29 is 14.7 Å². The van der Waals surface area contributed by atoms with Gasteiger partial charge < -0.3 is 15.7 Å². The second kappa shape index (κ2) is 7.71. The van der Waals surface area contributed by atoms with Crippen LogP contribution >= 0.6 is 11.3 Å². The molecule has 0 fully saturated rings. The number of carbonyl (C=O) groups is 2. The van der Waals surface area contributed by atoms with E-state index in [1.54, 1.807) is 11.3 Å². The van der Waals surface area contributed by atoms with Gasteiger partial charge in [0, 0.05) is 6.54 Å². The summed E-state index contributed by atoms with van der Waals surface area (Å²) in [5, 5.41) is 17.9. The lowest BCUT2D eigenvalue weighted by Gasteiger charge is -2.14. The summed E-state index contributed by atoms with van der Waals surface area (Å²) in [4.78, 5) is 22.5. The fourth-order valence-electron chi connectivity index (χ4n) is 1.45. The van der Waals surface area contributed by atoms with Gasteiger partial charge in [-0.3, -0.25) is 0 Å². The Balaban J connectivity index is 2.34. The number of unbranched alkanes of at least 4 members (excludes halogenated alkanes) is 1. The van der Waals surface area contributed by atoms with Crippen molar-refractivity contribution in [2.45, 2.75) is 38.8 Å². The number of thiophene rings is 1. The van der Waals surface area contributed by atoms with Gasteiger partial charge in [0.15, 0.2) is 0 Å². The Labute approximate surface area is 110 Å². The number of carbonyl (C=O) groups excluding carboxylic acids is 1. The fraction of sp³-hybridized carbons (Fsp3) is 0.500. The van der Waals surface area contributed by atoms with Crippen LogP contribution in [0.15, 0.2) is 16.8 Å². The Kier molecular flexibility index (Phi) is 6.21. The van der Waals surface area contributed by atoms with Crippen LogP contribution < -0.4 is 10.6 Å². The van der Waals surface area contributed by atoms with Crippen LogP contribution in [0.5, 0.6) is 0 Å². The van der Waals surface area contributed by atoms with E-state index in [1.807, 2.05) is 23.8 Å². The Bertz CT molecular complexity index is 379. The average molecular weight is 270 g/mol. The molecule has 0 spiro atoms. The van der Waals surface area contributed by atoms with Gasteiger partial charge in [-0.05, 0) is 28.8 Å². The van der Waals surface area contributed by atoms with Crippen LogP contribution in [-0.2, 0) is 11.3 Å². The SMILES string of the molecule is CCCCC(NC(=O)NCc1ccsc1)C(=O)O. The van der Waals surface area contributed by atoms with Crippen molar-refractivity contribution in [3.8, 4) is 0 Å². The molecule has 0 saturated heterocycles. The molecular formula is C12H18N2O3S. The van der Waals surface area contributed by atoms with E-state index in [2.05, 4.69) is 10.6 Å². The van der Waals surface area contributed by atoms with E-state index in [-0.39, 0.29) is 0 Å². The van der Waals surface area contributed by atoms with E-state index in [9.17, 15) is 9.59 Å². The molecule has 0 aliphatic carbocycles. The zero-order valence-electron chi connectivity index (χ0n) is 10.3. The van der Waals surface area contributed by atoms with Gasteiger partial charge >= 0.3 is 12.0 Å². The first-order valence-corrected chi connectivity index (χ1v) is 6.86. The summed E-state index contributed by atoms with van der Waals surface area (Å²) in [7, 11) is 0. The predicted molar refractivity (Wildman–Crippen MR) is 70.6 cm³/mol. The summed E-state index contributed by atoms with van der Waals surface area (Å²) < 4.78 is 0. The van der Waals surface area contributed by atoms with Gasteiger partial charge in [-0.25, -0.2) is 9.59 Å². The molecular weight excluding hydrogens is 252 g/mol. The first-order valence-electron chi connectivity index (χ1n) is 5.91.